The zero-order valence-corrected chi connectivity index (χ0v) is 16.4. The first kappa shape index (κ1) is 19.0. The van der Waals surface area contributed by atoms with Crippen LogP contribution >= 0.6 is 0 Å². The molecule has 5 nitrogen and oxygen atoms in total. The quantitative estimate of drug-likeness (QED) is 0.724. The number of hydrogen-bond acceptors (Lipinski definition) is 3. The van der Waals surface area contributed by atoms with E-state index in [0.717, 1.165) is 11.1 Å². The van der Waals surface area contributed by atoms with Gasteiger partial charge in [0.25, 0.3) is 5.91 Å². The van der Waals surface area contributed by atoms with Gasteiger partial charge in [-0.05, 0) is 34.7 Å². The summed E-state index contributed by atoms with van der Waals surface area (Å²) in [5.74, 6) is 0.0352. The first-order valence-electron chi connectivity index (χ1n) is 9.87. The summed E-state index contributed by atoms with van der Waals surface area (Å²) >= 11 is 0. The van der Waals surface area contributed by atoms with Gasteiger partial charge in [0.15, 0.2) is 5.76 Å². The van der Waals surface area contributed by atoms with Crippen LogP contribution in [-0.2, 0) is 17.8 Å². The van der Waals surface area contributed by atoms with E-state index in [9.17, 15) is 9.59 Å². The van der Waals surface area contributed by atoms with E-state index in [1.54, 1.807) is 17.0 Å². The van der Waals surface area contributed by atoms with Gasteiger partial charge in [-0.3, -0.25) is 9.59 Å². The maximum absolute atomic E-state index is 13.1. The minimum Gasteiger partial charge on any atom is -0.459 e. The monoisotopic (exact) mass is 388 g/mol. The molecule has 2 aromatic carbocycles. The molecule has 0 radical (unpaired) electrons. The number of benzene rings is 2. The predicted octanol–water partition coefficient (Wildman–Crippen LogP) is 3.77. The van der Waals surface area contributed by atoms with E-state index in [0.29, 0.717) is 19.5 Å². The van der Waals surface area contributed by atoms with Crippen molar-refractivity contribution in [1.29, 1.82) is 0 Å². The second kappa shape index (κ2) is 8.35. The average Bonchev–Trinajstić information content (AvgIpc) is 3.31. The van der Waals surface area contributed by atoms with E-state index >= 15 is 0 Å². The molecule has 0 saturated carbocycles. The Bertz CT molecular complexity index is 982. The fourth-order valence-electron chi connectivity index (χ4n) is 3.78. The second-order valence-electron chi connectivity index (χ2n) is 7.46. The van der Waals surface area contributed by atoms with Crippen LogP contribution in [0.2, 0.25) is 0 Å². The summed E-state index contributed by atoms with van der Waals surface area (Å²) in [5, 5.41) is 3.05. The Morgan fingerprint density at radius 3 is 2.48 bits per heavy atom. The Balaban J connectivity index is 1.52. The van der Waals surface area contributed by atoms with E-state index in [4.69, 9.17) is 4.42 Å². The number of fused-ring (bicyclic) bond motifs is 1. The Kier molecular flexibility index (Phi) is 5.47. The molecule has 5 heteroatoms. The number of carbonyl (C=O) groups is 2. The summed E-state index contributed by atoms with van der Waals surface area (Å²) < 4.78 is 5.30. The molecule has 0 fully saturated rings. The highest BCUT2D eigenvalue weighted by atomic mass is 16.3. The van der Waals surface area contributed by atoms with Crippen molar-refractivity contribution < 1.29 is 14.0 Å². The van der Waals surface area contributed by atoms with Gasteiger partial charge in [0, 0.05) is 19.5 Å². The maximum atomic E-state index is 13.1. The van der Waals surface area contributed by atoms with Crippen molar-refractivity contribution in [1.82, 2.24) is 10.2 Å². The molecule has 2 atom stereocenters. The van der Waals surface area contributed by atoms with E-state index in [1.807, 2.05) is 42.5 Å². The number of rotatable bonds is 5. The van der Waals surface area contributed by atoms with Crippen molar-refractivity contribution in [2.75, 3.05) is 6.54 Å². The Labute approximate surface area is 170 Å². The van der Waals surface area contributed by atoms with Crippen molar-refractivity contribution in [2.45, 2.75) is 31.8 Å². The fourth-order valence-corrected chi connectivity index (χ4v) is 3.78. The predicted molar refractivity (Wildman–Crippen MR) is 110 cm³/mol. The zero-order valence-electron chi connectivity index (χ0n) is 16.4. The first-order chi connectivity index (χ1) is 14.1. The third-order valence-corrected chi connectivity index (χ3v) is 5.50. The van der Waals surface area contributed by atoms with E-state index in [1.165, 1.54) is 11.8 Å². The van der Waals surface area contributed by atoms with Gasteiger partial charge in [-0.25, -0.2) is 0 Å². The van der Waals surface area contributed by atoms with Crippen LogP contribution < -0.4 is 5.32 Å². The molecule has 2 amide bonds. The summed E-state index contributed by atoms with van der Waals surface area (Å²) in [5.41, 5.74) is 3.34. The first-order valence-corrected chi connectivity index (χ1v) is 9.87. The highest BCUT2D eigenvalue weighted by Gasteiger charge is 2.35. The Morgan fingerprint density at radius 1 is 1.03 bits per heavy atom. The lowest BCUT2D eigenvalue weighted by atomic mass is 9.93. The smallest absolute Gasteiger partial charge is 0.290 e. The van der Waals surface area contributed by atoms with E-state index in [2.05, 4.69) is 24.4 Å². The van der Waals surface area contributed by atoms with Crippen LogP contribution in [0.25, 0.3) is 0 Å². The minimum atomic E-state index is -0.564. The van der Waals surface area contributed by atoms with Crippen molar-refractivity contribution in [2.24, 2.45) is 0 Å². The molecule has 0 unspecified atom stereocenters. The molecule has 148 valence electrons. The largest absolute Gasteiger partial charge is 0.459 e. The zero-order chi connectivity index (χ0) is 20.2. The Hall–Kier alpha value is -3.34. The van der Waals surface area contributed by atoms with Gasteiger partial charge in [-0.1, -0.05) is 61.5 Å². The molecular weight excluding hydrogens is 364 g/mol. The van der Waals surface area contributed by atoms with Crippen LogP contribution in [0.1, 0.15) is 40.1 Å². The van der Waals surface area contributed by atoms with E-state index in [-0.39, 0.29) is 23.5 Å². The lowest BCUT2D eigenvalue weighted by Gasteiger charge is -2.35. The number of amides is 2. The van der Waals surface area contributed by atoms with Gasteiger partial charge < -0.3 is 14.6 Å². The SMILES string of the molecule is C[C@H](CNC(=O)[C@H]1Cc2ccccc2CN1C(=O)c1ccco1)c1ccccc1. The standard InChI is InChI=1S/C24H24N2O3/c1-17(18-8-3-2-4-9-18)15-25-23(27)21-14-19-10-5-6-11-20(19)16-26(21)24(28)22-12-7-13-29-22/h2-13,17,21H,14-16H2,1H3,(H,25,27)/t17-,21-/m1/s1. The van der Waals surface area contributed by atoms with Crippen LogP contribution in [0, 0.1) is 0 Å². The van der Waals surface area contributed by atoms with Crippen molar-refractivity contribution in [3.8, 4) is 0 Å². The third-order valence-electron chi connectivity index (χ3n) is 5.50. The molecule has 0 saturated heterocycles. The van der Waals surface area contributed by atoms with Crippen LogP contribution in [-0.4, -0.2) is 29.3 Å². The third kappa shape index (κ3) is 4.09. The molecule has 1 aromatic heterocycles. The lowest BCUT2D eigenvalue weighted by molar-refractivity contribution is -0.126. The average molecular weight is 388 g/mol. The molecule has 1 aliphatic rings. The highest BCUT2D eigenvalue weighted by molar-refractivity contribution is 5.96. The molecule has 3 aromatic rings. The second-order valence-corrected chi connectivity index (χ2v) is 7.46. The number of hydrogen-bond donors (Lipinski definition) is 1. The van der Waals surface area contributed by atoms with Crippen LogP contribution in [0.15, 0.2) is 77.4 Å². The minimum absolute atomic E-state index is 0.137. The number of nitrogens with zero attached hydrogens (tertiary/aromatic N) is 1. The van der Waals surface area contributed by atoms with Gasteiger partial charge >= 0.3 is 0 Å². The van der Waals surface area contributed by atoms with Crippen LogP contribution in [0.5, 0.6) is 0 Å². The molecule has 1 N–H and O–H groups in total. The normalized spacial score (nSPS) is 16.7. The van der Waals surface area contributed by atoms with Gasteiger partial charge in [-0.2, -0.15) is 0 Å². The summed E-state index contributed by atoms with van der Waals surface area (Å²) in [4.78, 5) is 27.7. The summed E-state index contributed by atoms with van der Waals surface area (Å²) in [6.07, 6.45) is 1.97. The summed E-state index contributed by atoms with van der Waals surface area (Å²) in [7, 11) is 0. The van der Waals surface area contributed by atoms with Gasteiger partial charge in [0.2, 0.25) is 5.91 Å². The van der Waals surface area contributed by atoms with Crippen LogP contribution in [0.3, 0.4) is 0 Å². The molecule has 2 heterocycles. The maximum Gasteiger partial charge on any atom is 0.290 e. The molecule has 0 aliphatic carbocycles. The molecule has 0 spiro atoms. The summed E-state index contributed by atoms with van der Waals surface area (Å²) in [6.45, 7) is 2.99. The topological polar surface area (TPSA) is 62.6 Å². The molecule has 1 aliphatic heterocycles. The molecule has 4 rings (SSSR count). The number of carbonyl (C=O) groups excluding carboxylic acids is 2. The van der Waals surface area contributed by atoms with Crippen molar-refractivity contribution in [3.63, 3.8) is 0 Å². The molecular formula is C24H24N2O3. The van der Waals surface area contributed by atoms with Crippen molar-refractivity contribution in [3.05, 3.63) is 95.4 Å². The van der Waals surface area contributed by atoms with E-state index < -0.39 is 6.04 Å². The Morgan fingerprint density at radius 2 is 1.76 bits per heavy atom. The number of furan rings is 1. The highest BCUT2D eigenvalue weighted by Crippen LogP contribution is 2.25. The van der Waals surface area contributed by atoms with Crippen molar-refractivity contribution >= 4 is 11.8 Å². The summed E-state index contributed by atoms with van der Waals surface area (Å²) in [6, 6.07) is 20.8. The lowest BCUT2D eigenvalue weighted by Crippen LogP contribution is -2.53. The fraction of sp³-hybridized carbons (Fsp3) is 0.250. The van der Waals surface area contributed by atoms with Gasteiger partial charge in [-0.15, -0.1) is 0 Å². The van der Waals surface area contributed by atoms with Gasteiger partial charge in [0.05, 0.1) is 6.26 Å². The van der Waals surface area contributed by atoms with Crippen LogP contribution in [0.4, 0.5) is 0 Å². The molecule has 29 heavy (non-hydrogen) atoms. The van der Waals surface area contributed by atoms with Gasteiger partial charge in [0.1, 0.15) is 6.04 Å². The molecule has 0 bridgehead atoms. The number of nitrogens with one attached hydrogen (secondary N) is 1.